The molecule has 2 aromatic rings. The third kappa shape index (κ3) is 3.36. The Bertz CT molecular complexity index is 654. The van der Waals surface area contributed by atoms with Crippen LogP contribution in [0.5, 0.6) is 0 Å². The van der Waals surface area contributed by atoms with E-state index < -0.39 is 0 Å². The first-order chi connectivity index (χ1) is 10.6. The van der Waals surface area contributed by atoms with Gasteiger partial charge in [-0.2, -0.15) is 0 Å². The van der Waals surface area contributed by atoms with E-state index in [2.05, 4.69) is 5.32 Å². The maximum absolute atomic E-state index is 12.4. The van der Waals surface area contributed by atoms with Gasteiger partial charge in [0.15, 0.2) is 0 Å². The predicted octanol–water partition coefficient (Wildman–Crippen LogP) is 4.97. The van der Waals surface area contributed by atoms with E-state index in [0.717, 1.165) is 18.4 Å². The van der Waals surface area contributed by atoms with E-state index in [0.29, 0.717) is 28.1 Å². The average Bonchev–Trinajstić information content (AvgIpc) is 2.91. The summed E-state index contributed by atoms with van der Waals surface area (Å²) in [6, 6.07) is 9.53. The molecule has 1 amide bonds. The van der Waals surface area contributed by atoms with Gasteiger partial charge < -0.3 is 9.73 Å². The minimum absolute atomic E-state index is 0.0339. The molecule has 0 radical (unpaired) electrons. The molecule has 4 heteroatoms. The lowest BCUT2D eigenvalue weighted by Gasteiger charge is -2.22. The lowest BCUT2D eigenvalue weighted by Crippen LogP contribution is -2.36. The summed E-state index contributed by atoms with van der Waals surface area (Å²) < 4.78 is 5.75. The zero-order chi connectivity index (χ0) is 15.5. The number of hydrogen-bond acceptors (Lipinski definition) is 2. The van der Waals surface area contributed by atoms with Crippen LogP contribution in [0.4, 0.5) is 0 Å². The number of rotatable bonds is 3. The highest BCUT2D eigenvalue weighted by Crippen LogP contribution is 2.27. The minimum atomic E-state index is -0.0339. The standard InChI is InChI=1S/C18H20ClNO2/c1-12-16(18(21)20-15-5-3-2-4-6-15)11-17(22-12)13-7-9-14(19)10-8-13/h7-11,15H,2-6H2,1H3,(H,20,21). The largest absolute Gasteiger partial charge is 0.461 e. The Morgan fingerprint density at radius 2 is 1.86 bits per heavy atom. The van der Waals surface area contributed by atoms with Gasteiger partial charge in [-0.1, -0.05) is 30.9 Å². The number of halogens is 1. The fraction of sp³-hybridized carbons (Fsp3) is 0.389. The number of nitrogens with one attached hydrogen (secondary N) is 1. The molecule has 0 unspecified atom stereocenters. The highest BCUT2D eigenvalue weighted by Gasteiger charge is 2.20. The Morgan fingerprint density at radius 3 is 2.55 bits per heavy atom. The van der Waals surface area contributed by atoms with E-state index in [1.807, 2.05) is 37.3 Å². The number of benzene rings is 1. The van der Waals surface area contributed by atoms with Crippen LogP contribution in [0.15, 0.2) is 34.7 Å². The van der Waals surface area contributed by atoms with E-state index in [1.165, 1.54) is 19.3 Å². The maximum atomic E-state index is 12.4. The zero-order valence-electron chi connectivity index (χ0n) is 12.7. The molecule has 3 rings (SSSR count). The predicted molar refractivity (Wildman–Crippen MR) is 88.2 cm³/mol. The van der Waals surface area contributed by atoms with Gasteiger partial charge in [-0.15, -0.1) is 0 Å². The van der Waals surface area contributed by atoms with Crippen molar-refractivity contribution in [1.82, 2.24) is 5.32 Å². The summed E-state index contributed by atoms with van der Waals surface area (Å²) >= 11 is 5.90. The Kier molecular flexibility index (Phi) is 4.53. The van der Waals surface area contributed by atoms with Crippen molar-refractivity contribution in [2.45, 2.75) is 45.1 Å². The van der Waals surface area contributed by atoms with Crippen molar-refractivity contribution in [3.05, 3.63) is 46.7 Å². The van der Waals surface area contributed by atoms with Gasteiger partial charge in [-0.25, -0.2) is 0 Å². The van der Waals surface area contributed by atoms with Gasteiger partial charge in [0.1, 0.15) is 11.5 Å². The monoisotopic (exact) mass is 317 g/mol. The van der Waals surface area contributed by atoms with Gasteiger partial charge in [-0.05, 0) is 50.1 Å². The molecule has 22 heavy (non-hydrogen) atoms. The summed E-state index contributed by atoms with van der Waals surface area (Å²) in [5.41, 5.74) is 1.54. The molecule has 1 aliphatic rings. The molecule has 1 heterocycles. The molecule has 0 saturated heterocycles. The number of amides is 1. The van der Waals surface area contributed by atoms with Crippen molar-refractivity contribution >= 4 is 17.5 Å². The van der Waals surface area contributed by atoms with Crippen molar-refractivity contribution < 1.29 is 9.21 Å². The second kappa shape index (κ2) is 6.57. The Labute approximate surface area is 135 Å². The Balaban J connectivity index is 1.76. The fourth-order valence-corrected chi connectivity index (χ4v) is 3.10. The lowest BCUT2D eigenvalue weighted by atomic mass is 9.95. The van der Waals surface area contributed by atoms with Crippen LogP contribution in [0.25, 0.3) is 11.3 Å². The van der Waals surface area contributed by atoms with E-state index in [1.54, 1.807) is 0 Å². The molecule has 3 nitrogen and oxygen atoms in total. The topological polar surface area (TPSA) is 42.2 Å². The maximum Gasteiger partial charge on any atom is 0.255 e. The van der Waals surface area contributed by atoms with Crippen molar-refractivity contribution in [3.63, 3.8) is 0 Å². The van der Waals surface area contributed by atoms with Crippen LogP contribution in [0.1, 0.15) is 48.2 Å². The molecule has 116 valence electrons. The van der Waals surface area contributed by atoms with Crippen LogP contribution in [0, 0.1) is 6.92 Å². The van der Waals surface area contributed by atoms with E-state index in [4.69, 9.17) is 16.0 Å². The number of carbonyl (C=O) groups excluding carboxylic acids is 1. The summed E-state index contributed by atoms with van der Waals surface area (Å²) in [6.07, 6.45) is 5.83. The number of hydrogen-bond donors (Lipinski definition) is 1. The minimum Gasteiger partial charge on any atom is -0.461 e. The highest BCUT2D eigenvalue weighted by molar-refractivity contribution is 6.30. The Morgan fingerprint density at radius 1 is 1.18 bits per heavy atom. The zero-order valence-corrected chi connectivity index (χ0v) is 13.5. The smallest absolute Gasteiger partial charge is 0.255 e. The van der Waals surface area contributed by atoms with E-state index in [-0.39, 0.29) is 5.91 Å². The van der Waals surface area contributed by atoms with Gasteiger partial charge in [0.05, 0.1) is 5.56 Å². The second-order valence-electron chi connectivity index (χ2n) is 5.90. The number of carbonyl (C=O) groups is 1. The summed E-state index contributed by atoms with van der Waals surface area (Å²) in [5.74, 6) is 1.31. The number of aryl methyl sites for hydroxylation is 1. The molecular weight excluding hydrogens is 298 g/mol. The molecule has 1 fully saturated rings. The molecule has 0 spiro atoms. The third-order valence-corrected chi connectivity index (χ3v) is 4.48. The third-order valence-electron chi connectivity index (χ3n) is 4.23. The fourth-order valence-electron chi connectivity index (χ4n) is 2.97. The molecule has 1 saturated carbocycles. The van der Waals surface area contributed by atoms with Crippen molar-refractivity contribution in [2.24, 2.45) is 0 Å². The van der Waals surface area contributed by atoms with E-state index in [9.17, 15) is 4.79 Å². The van der Waals surface area contributed by atoms with Gasteiger partial charge in [-0.3, -0.25) is 4.79 Å². The van der Waals surface area contributed by atoms with Crippen molar-refractivity contribution in [1.29, 1.82) is 0 Å². The molecule has 0 bridgehead atoms. The van der Waals surface area contributed by atoms with Crippen LogP contribution >= 0.6 is 11.6 Å². The quantitative estimate of drug-likeness (QED) is 0.868. The van der Waals surface area contributed by atoms with Gasteiger partial charge in [0, 0.05) is 16.6 Å². The van der Waals surface area contributed by atoms with E-state index >= 15 is 0 Å². The van der Waals surface area contributed by atoms with Crippen LogP contribution < -0.4 is 5.32 Å². The highest BCUT2D eigenvalue weighted by atomic mass is 35.5. The van der Waals surface area contributed by atoms with Gasteiger partial charge in [0.25, 0.3) is 5.91 Å². The normalized spacial score (nSPS) is 15.7. The molecule has 0 atom stereocenters. The molecule has 0 aliphatic heterocycles. The van der Waals surface area contributed by atoms with Crippen molar-refractivity contribution in [2.75, 3.05) is 0 Å². The summed E-state index contributed by atoms with van der Waals surface area (Å²) in [6.45, 7) is 1.83. The molecule has 1 aromatic carbocycles. The first kappa shape index (κ1) is 15.2. The molecular formula is C18H20ClNO2. The average molecular weight is 318 g/mol. The van der Waals surface area contributed by atoms with Crippen LogP contribution in [0.2, 0.25) is 5.02 Å². The Hall–Kier alpha value is -1.74. The lowest BCUT2D eigenvalue weighted by molar-refractivity contribution is 0.0926. The molecule has 1 aliphatic carbocycles. The summed E-state index contributed by atoms with van der Waals surface area (Å²) in [4.78, 5) is 12.4. The second-order valence-corrected chi connectivity index (χ2v) is 6.33. The van der Waals surface area contributed by atoms with Crippen LogP contribution in [0.3, 0.4) is 0 Å². The summed E-state index contributed by atoms with van der Waals surface area (Å²) in [5, 5.41) is 3.81. The summed E-state index contributed by atoms with van der Waals surface area (Å²) in [7, 11) is 0. The van der Waals surface area contributed by atoms with Gasteiger partial charge in [0.2, 0.25) is 0 Å². The van der Waals surface area contributed by atoms with Crippen molar-refractivity contribution in [3.8, 4) is 11.3 Å². The first-order valence-corrected chi connectivity index (χ1v) is 8.18. The first-order valence-electron chi connectivity index (χ1n) is 7.81. The molecule has 1 aromatic heterocycles. The van der Waals surface area contributed by atoms with Gasteiger partial charge >= 0.3 is 0 Å². The SMILES string of the molecule is Cc1oc(-c2ccc(Cl)cc2)cc1C(=O)NC1CCCCC1. The number of furan rings is 1. The van der Waals surface area contributed by atoms with Crippen LogP contribution in [-0.4, -0.2) is 11.9 Å². The molecule has 1 N–H and O–H groups in total. The van der Waals surface area contributed by atoms with Crippen LogP contribution in [-0.2, 0) is 0 Å².